The first kappa shape index (κ1) is 24.7. The van der Waals surface area contributed by atoms with Gasteiger partial charge in [0, 0.05) is 24.1 Å². The Balaban J connectivity index is 2.27. The van der Waals surface area contributed by atoms with Gasteiger partial charge in [-0.15, -0.1) is 0 Å². The second-order valence-corrected chi connectivity index (χ2v) is 14.8. The Kier molecular flexibility index (Phi) is 7.64. The fourth-order valence-electron chi connectivity index (χ4n) is 3.26. The molecular weight excluding hydrogens is 398 g/mol. The second kappa shape index (κ2) is 9.28. The summed E-state index contributed by atoms with van der Waals surface area (Å²) in [7, 11) is -1.94. The van der Waals surface area contributed by atoms with E-state index < -0.39 is 20.7 Å². The van der Waals surface area contributed by atoms with Crippen LogP contribution >= 0.6 is 0 Å². The molecule has 0 aromatic heterocycles. The van der Waals surface area contributed by atoms with Crippen LogP contribution in [0.4, 0.5) is 5.69 Å². The number of hydrogen-bond acceptors (Lipinski definition) is 6. The summed E-state index contributed by atoms with van der Waals surface area (Å²) in [6, 6.07) is 5.51. The van der Waals surface area contributed by atoms with Crippen molar-refractivity contribution in [3.8, 4) is 5.75 Å². The molecule has 0 amide bonds. The van der Waals surface area contributed by atoms with Crippen molar-refractivity contribution in [1.29, 1.82) is 0 Å². The maximum Gasteiger partial charge on any atom is 0.303 e. The van der Waals surface area contributed by atoms with Crippen molar-refractivity contribution in [1.82, 2.24) is 0 Å². The molecule has 1 saturated heterocycles. The van der Waals surface area contributed by atoms with Crippen LogP contribution in [0.5, 0.6) is 5.75 Å². The van der Waals surface area contributed by atoms with Gasteiger partial charge >= 0.3 is 5.97 Å². The van der Waals surface area contributed by atoms with Crippen LogP contribution in [0.1, 0.15) is 54.0 Å². The van der Waals surface area contributed by atoms with Gasteiger partial charge in [0.05, 0.1) is 12.7 Å². The number of rotatable bonds is 6. The lowest BCUT2D eigenvalue weighted by Crippen LogP contribution is -2.52. The van der Waals surface area contributed by atoms with Crippen LogP contribution in [-0.4, -0.2) is 32.8 Å². The Hall–Kier alpha value is -1.57. The molecule has 0 aliphatic carbocycles. The molecule has 1 aliphatic heterocycles. The quantitative estimate of drug-likeness (QED) is 0.378. The summed E-state index contributed by atoms with van der Waals surface area (Å²) in [4.78, 5) is 11.7. The van der Waals surface area contributed by atoms with Gasteiger partial charge in [-0.25, -0.2) is 0 Å². The standard InChI is InChI=1S/C23H39NO5Si/c1-14-15(2)21(28-17(4)25)22(27-16(14)3)29-20-11-10-19(24)12-18(20)13-26-30(8,9)23(5,6)7/h10-12,14-16,21-22H,13,24H2,1-9H3. The summed E-state index contributed by atoms with van der Waals surface area (Å²) in [6.45, 7) is 19.1. The van der Waals surface area contributed by atoms with E-state index in [0.717, 1.165) is 5.56 Å². The van der Waals surface area contributed by atoms with E-state index in [-0.39, 0.29) is 28.9 Å². The van der Waals surface area contributed by atoms with Crippen LogP contribution in [0, 0.1) is 11.8 Å². The summed E-state index contributed by atoms with van der Waals surface area (Å²) in [6.07, 6.45) is -1.19. The van der Waals surface area contributed by atoms with E-state index in [2.05, 4.69) is 47.7 Å². The minimum absolute atomic E-state index is 0.0162. The Morgan fingerprint density at radius 1 is 1.17 bits per heavy atom. The SMILES string of the molecule is CC(=O)OC1C(Oc2ccc(N)cc2CO[Si](C)(C)C(C)(C)C)OC(C)C(C)C1C. The van der Waals surface area contributed by atoms with Crippen LogP contribution in [0.25, 0.3) is 0 Å². The number of ether oxygens (including phenoxy) is 3. The van der Waals surface area contributed by atoms with Gasteiger partial charge in [-0.2, -0.15) is 0 Å². The van der Waals surface area contributed by atoms with Crippen LogP contribution in [0.2, 0.25) is 18.1 Å². The molecule has 2 rings (SSSR count). The smallest absolute Gasteiger partial charge is 0.303 e. The molecule has 30 heavy (non-hydrogen) atoms. The van der Waals surface area contributed by atoms with E-state index in [1.165, 1.54) is 6.92 Å². The van der Waals surface area contributed by atoms with Gasteiger partial charge in [0.25, 0.3) is 0 Å². The molecular formula is C23H39NO5Si. The summed E-state index contributed by atoms with van der Waals surface area (Å²) >= 11 is 0. The zero-order chi connectivity index (χ0) is 22.9. The molecule has 7 heteroatoms. The summed E-state index contributed by atoms with van der Waals surface area (Å²) in [5.41, 5.74) is 7.55. The van der Waals surface area contributed by atoms with Crippen LogP contribution in [0.3, 0.4) is 0 Å². The van der Waals surface area contributed by atoms with Crippen molar-refractivity contribution in [2.24, 2.45) is 11.8 Å². The Bertz CT molecular complexity index is 746. The van der Waals surface area contributed by atoms with Crippen molar-refractivity contribution in [3.05, 3.63) is 23.8 Å². The fraction of sp³-hybridized carbons (Fsp3) is 0.696. The Morgan fingerprint density at radius 2 is 1.80 bits per heavy atom. The average Bonchev–Trinajstić information content (AvgIpc) is 2.62. The van der Waals surface area contributed by atoms with Gasteiger partial charge < -0.3 is 24.4 Å². The van der Waals surface area contributed by atoms with Gasteiger partial charge in [-0.05, 0) is 49.2 Å². The molecule has 1 fully saturated rings. The maximum absolute atomic E-state index is 11.7. The first-order valence-corrected chi connectivity index (χ1v) is 13.7. The summed E-state index contributed by atoms with van der Waals surface area (Å²) in [5, 5.41) is 0.0995. The van der Waals surface area contributed by atoms with Crippen LogP contribution < -0.4 is 10.5 Å². The maximum atomic E-state index is 11.7. The topological polar surface area (TPSA) is 80.0 Å². The van der Waals surface area contributed by atoms with E-state index in [4.69, 9.17) is 24.4 Å². The largest absolute Gasteiger partial charge is 0.460 e. The third kappa shape index (κ3) is 5.77. The molecule has 0 radical (unpaired) electrons. The van der Waals surface area contributed by atoms with Crippen molar-refractivity contribution >= 4 is 20.0 Å². The van der Waals surface area contributed by atoms with Gasteiger partial charge in [0.15, 0.2) is 14.4 Å². The molecule has 5 atom stereocenters. The highest BCUT2D eigenvalue weighted by Gasteiger charge is 2.43. The van der Waals surface area contributed by atoms with Crippen molar-refractivity contribution < 1.29 is 23.4 Å². The predicted molar refractivity (Wildman–Crippen MR) is 122 cm³/mol. The van der Waals surface area contributed by atoms with Gasteiger partial charge in [0.2, 0.25) is 6.29 Å². The molecule has 1 aliphatic rings. The molecule has 0 spiro atoms. The first-order chi connectivity index (χ1) is 13.7. The van der Waals surface area contributed by atoms with E-state index >= 15 is 0 Å². The highest BCUT2D eigenvalue weighted by molar-refractivity contribution is 6.74. The highest BCUT2D eigenvalue weighted by Crippen LogP contribution is 2.39. The number of anilines is 1. The van der Waals surface area contributed by atoms with Crippen molar-refractivity contribution in [2.45, 2.75) is 91.7 Å². The number of benzene rings is 1. The molecule has 1 aromatic rings. The third-order valence-corrected chi connectivity index (χ3v) is 11.2. The molecule has 1 aromatic carbocycles. The number of carbonyl (C=O) groups is 1. The van der Waals surface area contributed by atoms with E-state index in [0.29, 0.717) is 18.0 Å². The zero-order valence-electron chi connectivity index (χ0n) is 19.9. The lowest BCUT2D eigenvalue weighted by molar-refractivity contribution is -0.243. The lowest BCUT2D eigenvalue weighted by Gasteiger charge is -2.42. The predicted octanol–water partition coefficient (Wildman–Crippen LogP) is 5.12. The van der Waals surface area contributed by atoms with Gasteiger partial charge in [-0.3, -0.25) is 4.79 Å². The van der Waals surface area contributed by atoms with Crippen LogP contribution in [-0.2, 0) is 25.3 Å². The zero-order valence-corrected chi connectivity index (χ0v) is 20.9. The minimum atomic E-state index is -1.94. The molecule has 2 N–H and O–H groups in total. The first-order valence-electron chi connectivity index (χ1n) is 10.7. The number of nitrogen functional groups attached to an aromatic ring is 1. The Labute approximate surface area is 182 Å². The highest BCUT2D eigenvalue weighted by atomic mass is 28.4. The monoisotopic (exact) mass is 437 g/mol. The normalized spacial score (nSPS) is 27.6. The number of carbonyl (C=O) groups excluding carboxylic acids is 1. The molecule has 5 unspecified atom stereocenters. The van der Waals surface area contributed by atoms with Crippen molar-refractivity contribution in [3.63, 3.8) is 0 Å². The van der Waals surface area contributed by atoms with Gasteiger partial charge in [-0.1, -0.05) is 34.6 Å². The molecule has 6 nitrogen and oxygen atoms in total. The molecule has 1 heterocycles. The van der Waals surface area contributed by atoms with Crippen molar-refractivity contribution in [2.75, 3.05) is 5.73 Å². The van der Waals surface area contributed by atoms with E-state index in [9.17, 15) is 4.79 Å². The minimum Gasteiger partial charge on any atom is -0.460 e. The summed E-state index contributed by atoms with van der Waals surface area (Å²) in [5.74, 6) is 0.633. The number of hydrogen-bond donors (Lipinski definition) is 1. The second-order valence-electron chi connectivity index (χ2n) is 10.0. The summed E-state index contributed by atoms with van der Waals surface area (Å²) < 4.78 is 24.4. The third-order valence-electron chi connectivity index (χ3n) is 6.73. The van der Waals surface area contributed by atoms with Crippen LogP contribution in [0.15, 0.2) is 18.2 Å². The Morgan fingerprint density at radius 3 is 2.37 bits per heavy atom. The number of nitrogens with two attached hydrogens (primary N) is 1. The number of esters is 1. The molecule has 0 bridgehead atoms. The average molecular weight is 438 g/mol. The molecule has 0 saturated carbocycles. The lowest BCUT2D eigenvalue weighted by atomic mass is 9.84. The van der Waals surface area contributed by atoms with E-state index in [1.807, 2.05) is 19.1 Å². The molecule has 170 valence electrons. The fourth-order valence-corrected chi connectivity index (χ4v) is 4.21. The van der Waals surface area contributed by atoms with E-state index in [1.54, 1.807) is 6.07 Å². The van der Waals surface area contributed by atoms with Gasteiger partial charge in [0.1, 0.15) is 5.75 Å².